The van der Waals surface area contributed by atoms with Crippen molar-refractivity contribution in [1.29, 1.82) is 0 Å². The van der Waals surface area contributed by atoms with Gasteiger partial charge in [0.05, 0.1) is 11.5 Å². The van der Waals surface area contributed by atoms with E-state index in [1.54, 1.807) is 0 Å². The molecule has 1 aromatic rings. The number of nitro benzene ring substituents is 1. The van der Waals surface area contributed by atoms with E-state index in [9.17, 15) is 22.9 Å². The van der Waals surface area contributed by atoms with Crippen LogP contribution in [0.3, 0.4) is 0 Å². The highest BCUT2D eigenvalue weighted by Crippen LogP contribution is 2.19. The molecular weight excluding hydrogens is 253 g/mol. The van der Waals surface area contributed by atoms with Crippen molar-refractivity contribution < 1.29 is 21.9 Å². The Balaban J connectivity index is 2.99. The number of non-ortho nitro benzene ring substituents is 1. The van der Waals surface area contributed by atoms with E-state index in [2.05, 4.69) is 4.18 Å². The second kappa shape index (κ2) is 5.19. The highest BCUT2D eigenvalue weighted by atomic mass is 32.2. The van der Waals surface area contributed by atoms with Gasteiger partial charge >= 0.3 is 0 Å². The maximum Gasteiger partial charge on any atom is 0.297 e. The summed E-state index contributed by atoms with van der Waals surface area (Å²) in [5, 5.41) is 10.5. The molecule has 0 heterocycles. The molecule has 8 heteroatoms. The van der Waals surface area contributed by atoms with E-state index in [1.165, 1.54) is 6.07 Å². The summed E-state index contributed by atoms with van der Waals surface area (Å²) in [6, 6.07) is 4.37. The third-order valence-corrected chi connectivity index (χ3v) is 3.05. The first-order valence-corrected chi connectivity index (χ1v) is 6.01. The molecule has 0 aliphatic heterocycles. The highest BCUT2D eigenvalue weighted by Gasteiger charge is 2.19. The monoisotopic (exact) mass is 263 g/mol. The molecule has 0 saturated heterocycles. The van der Waals surface area contributed by atoms with E-state index in [-0.39, 0.29) is 10.6 Å². The van der Waals surface area contributed by atoms with Crippen LogP contribution in [0.5, 0.6) is 0 Å². The Morgan fingerprint density at radius 3 is 2.71 bits per heavy atom. The molecule has 1 rings (SSSR count). The predicted molar refractivity (Wildman–Crippen MR) is 56.8 cm³/mol. The minimum absolute atomic E-state index is 0.368. The van der Waals surface area contributed by atoms with Crippen LogP contribution in [-0.4, -0.2) is 26.1 Å². The molecule has 94 valence electrons. The normalized spacial score (nSPS) is 13.3. The van der Waals surface area contributed by atoms with Gasteiger partial charge < -0.3 is 0 Å². The Kier molecular flexibility index (Phi) is 4.13. The second-order valence-electron chi connectivity index (χ2n) is 3.27. The number of hydrogen-bond acceptors (Lipinski definition) is 5. The van der Waals surface area contributed by atoms with Crippen molar-refractivity contribution >= 4 is 15.8 Å². The van der Waals surface area contributed by atoms with Crippen molar-refractivity contribution in [2.75, 3.05) is 6.61 Å². The number of nitro groups is 1. The summed E-state index contributed by atoms with van der Waals surface area (Å²) in [5.74, 6) is 0. The first-order valence-electron chi connectivity index (χ1n) is 4.61. The van der Waals surface area contributed by atoms with Gasteiger partial charge in [0.2, 0.25) is 0 Å². The number of alkyl halides is 1. The summed E-state index contributed by atoms with van der Waals surface area (Å²) in [5.41, 5.74) is -0.372. The molecule has 1 aromatic carbocycles. The number of hydrogen-bond donors (Lipinski definition) is 0. The number of rotatable bonds is 5. The molecule has 0 radical (unpaired) electrons. The van der Waals surface area contributed by atoms with Crippen LogP contribution < -0.4 is 0 Å². The molecule has 0 spiro atoms. The number of nitrogens with zero attached hydrogens (tertiary/aromatic N) is 1. The molecule has 0 bridgehead atoms. The van der Waals surface area contributed by atoms with Crippen LogP contribution in [0.1, 0.15) is 6.92 Å². The molecule has 0 aromatic heterocycles. The van der Waals surface area contributed by atoms with Crippen molar-refractivity contribution in [3.63, 3.8) is 0 Å². The topological polar surface area (TPSA) is 86.5 Å². The van der Waals surface area contributed by atoms with E-state index >= 15 is 0 Å². The molecule has 0 saturated carbocycles. The SMILES string of the molecule is CC(F)COS(=O)(=O)c1cccc([N+](=O)[O-])c1. The van der Waals surface area contributed by atoms with Gasteiger partial charge in [-0.05, 0) is 13.0 Å². The van der Waals surface area contributed by atoms with Gasteiger partial charge in [-0.25, -0.2) is 4.39 Å². The Morgan fingerprint density at radius 1 is 1.53 bits per heavy atom. The molecule has 6 nitrogen and oxygen atoms in total. The maximum atomic E-state index is 12.5. The van der Waals surface area contributed by atoms with Gasteiger partial charge in [-0.1, -0.05) is 6.07 Å². The van der Waals surface area contributed by atoms with E-state index in [0.717, 1.165) is 25.1 Å². The zero-order valence-electron chi connectivity index (χ0n) is 8.87. The molecule has 0 fully saturated rings. The first-order chi connectivity index (χ1) is 7.83. The molecule has 17 heavy (non-hydrogen) atoms. The molecule has 1 atom stereocenters. The Labute approximate surface area is 97.3 Å². The average Bonchev–Trinajstić information content (AvgIpc) is 2.27. The van der Waals surface area contributed by atoms with E-state index in [0.29, 0.717) is 0 Å². The summed E-state index contributed by atoms with van der Waals surface area (Å²) >= 11 is 0. The van der Waals surface area contributed by atoms with Crippen molar-refractivity contribution in [1.82, 2.24) is 0 Å². The average molecular weight is 263 g/mol. The Morgan fingerprint density at radius 2 is 2.18 bits per heavy atom. The lowest BCUT2D eigenvalue weighted by molar-refractivity contribution is -0.385. The van der Waals surface area contributed by atoms with Crippen LogP contribution in [-0.2, 0) is 14.3 Å². The van der Waals surface area contributed by atoms with Crippen molar-refractivity contribution in [3.8, 4) is 0 Å². The van der Waals surface area contributed by atoms with Crippen LogP contribution in [0, 0.1) is 10.1 Å². The zero-order valence-corrected chi connectivity index (χ0v) is 9.69. The van der Waals surface area contributed by atoms with Gasteiger partial charge in [0.25, 0.3) is 15.8 Å². The molecule has 0 aliphatic rings. The lowest BCUT2D eigenvalue weighted by atomic mass is 10.3. The summed E-state index contributed by atoms with van der Waals surface area (Å²) in [6.07, 6.45) is -1.44. The van der Waals surface area contributed by atoms with Crippen molar-refractivity contribution in [2.45, 2.75) is 18.0 Å². The first kappa shape index (κ1) is 13.5. The fourth-order valence-corrected chi connectivity index (χ4v) is 2.02. The van der Waals surface area contributed by atoms with Crippen molar-refractivity contribution in [3.05, 3.63) is 34.4 Å². The second-order valence-corrected chi connectivity index (χ2v) is 4.89. The zero-order chi connectivity index (χ0) is 13.1. The van der Waals surface area contributed by atoms with Crippen LogP contribution in [0.2, 0.25) is 0 Å². The Hall–Kier alpha value is -1.54. The predicted octanol–water partition coefficient (Wildman–Crippen LogP) is 1.66. The minimum atomic E-state index is -4.16. The fourth-order valence-electron chi connectivity index (χ4n) is 1.00. The lowest BCUT2D eigenvalue weighted by Crippen LogP contribution is -2.13. The summed E-state index contributed by atoms with van der Waals surface area (Å²) in [6.45, 7) is 0.522. The van der Waals surface area contributed by atoms with Gasteiger partial charge in [0.15, 0.2) is 0 Å². The molecule has 0 amide bonds. The van der Waals surface area contributed by atoms with Gasteiger partial charge in [-0.3, -0.25) is 14.3 Å². The van der Waals surface area contributed by atoms with Crippen molar-refractivity contribution in [2.24, 2.45) is 0 Å². The molecule has 0 aliphatic carbocycles. The third-order valence-electron chi connectivity index (χ3n) is 1.77. The van der Waals surface area contributed by atoms with Gasteiger partial charge in [0.1, 0.15) is 11.1 Å². The van der Waals surface area contributed by atoms with Gasteiger partial charge in [-0.2, -0.15) is 8.42 Å². The Bertz CT molecular complexity index is 514. The quantitative estimate of drug-likeness (QED) is 0.458. The smallest absolute Gasteiger partial charge is 0.263 e. The standard InChI is InChI=1S/C9H10FNO5S/c1-7(10)6-16-17(14,15)9-4-2-3-8(5-9)11(12)13/h2-5,7H,6H2,1H3. The maximum absolute atomic E-state index is 12.5. The van der Waals surface area contributed by atoms with E-state index in [1.807, 2.05) is 0 Å². The highest BCUT2D eigenvalue weighted by molar-refractivity contribution is 7.86. The van der Waals surface area contributed by atoms with E-state index in [4.69, 9.17) is 0 Å². The van der Waals surface area contributed by atoms with Gasteiger partial charge in [-0.15, -0.1) is 0 Å². The van der Waals surface area contributed by atoms with Crippen LogP contribution in [0.4, 0.5) is 10.1 Å². The molecule has 1 unspecified atom stereocenters. The van der Waals surface area contributed by atoms with Gasteiger partial charge in [0, 0.05) is 12.1 Å². The minimum Gasteiger partial charge on any atom is -0.263 e. The summed E-state index contributed by atoms with van der Waals surface area (Å²) < 4.78 is 39.8. The number of benzene rings is 1. The van der Waals surface area contributed by atoms with E-state index < -0.39 is 27.8 Å². The van der Waals surface area contributed by atoms with Crippen LogP contribution >= 0.6 is 0 Å². The van der Waals surface area contributed by atoms with Crippen LogP contribution in [0.15, 0.2) is 29.2 Å². The van der Waals surface area contributed by atoms with Crippen LogP contribution in [0.25, 0.3) is 0 Å². The number of halogens is 1. The molecule has 0 N–H and O–H groups in total. The lowest BCUT2D eigenvalue weighted by Gasteiger charge is -2.05. The third kappa shape index (κ3) is 3.75. The largest absolute Gasteiger partial charge is 0.297 e. The molecular formula is C9H10FNO5S. The summed E-state index contributed by atoms with van der Waals surface area (Å²) in [7, 11) is -4.16. The fraction of sp³-hybridized carbons (Fsp3) is 0.333. The summed E-state index contributed by atoms with van der Waals surface area (Å²) in [4.78, 5) is 9.36.